The molecule has 2 aliphatic rings. The Morgan fingerprint density at radius 2 is 1.68 bits per heavy atom. The summed E-state index contributed by atoms with van der Waals surface area (Å²) >= 11 is 0. The zero-order valence-corrected chi connectivity index (χ0v) is 20.6. The number of ether oxygens (including phenoxy) is 2. The van der Waals surface area contributed by atoms with Crippen LogP contribution in [0, 0.1) is 0 Å². The lowest BCUT2D eigenvalue weighted by Crippen LogP contribution is -2.42. The molecule has 0 N–H and O–H groups in total. The summed E-state index contributed by atoms with van der Waals surface area (Å²) in [5.41, 5.74) is 1.15. The normalized spacial score (nSPS) is 24.3. The highest BCUT2D eigenvalue weighted by molar-refractivity contribution is 7.48. The summed E-state index contributed by atoms with van der Waals surface area (Å²) in [5, 5.41) is 0. The molecule has 1 aromatic carbocycles. The highest BCUT2D eigenvalue weighted by atomic mass is 31.2. The van der Waals surface area contributed by atoms with E-state index in [1.165, 1.54) is 5.56 Å². The van der Waals surface area contributed by atoms with Crippen molar-refractivity contribution in [3.05, 3.63) is 35.6 Å². The van der Waals surface area contributed by atoms with Gasteiger partial charge in [-0.25, -0.2) is 4.57 Å². The van der Waals surface area contributed by atoms with Crippen molar-refractivity contribution in [1.29, 1.82) is 0 Å². The third-order valence-corrected chi connectivity index (χ3v) is 7.80. The van der Waals surface area contributed by atoms with E-state index in [4.69, 9.17) is 23.0 Å². The monoisotopic (exact) mass is 453 g/mol. The Morgan fingerprint density at radius 3 is 2.26 bits per heavy atom. The second kappa shape index (κ2) is 9.53. The van der Waals surface area contributed by atoms with Gasteiger partial charge in [0.1, 0.15) is 5.76 Å². The molecule has 8 heteroatoms. The Labute approximate surface area is 186 Å². The SMILES string of the molecule is COc1ccc([C@@]23CCC(OP(=O)(OC(C)C)OC(C)C)=C[C@@H]2N(C)CC3)cc1OC. The number of phosphoric acid groups is 1. The maximum absolute atomic E-state index is 13.2. The second-order valence-electron chi connectivity index (χ2n) is 8.88. The standard InChI is InChI=1S/C23H36NO6P/c1-16(2)28-31(25,29-17(3)4)30-19-10-11-23(12-13-24(5)22(23)15-19)18-8-9-20(26-6)21(14-18)27-7/h8-9,14-17,22H,10-13H2,1-7H3/t22-,23-/m0/s1. The first kappa shape index (κ1) is 24.1. The molecule has 0 bridgehead atoms. The van der Waals surface area contributed by atoms with E-state index in [2.05, 4.69) is 30.2 Å². The maximum Gasteiger partial charge on any atom is 0.530 e. The number of methoxy groups -OCH3 is 2. The molecular weight excluding hydrogens is 417 g/mol. The van der Waals surface area contributed by atoms with Gasteiger partial charge in [-0.3, -0.25) is 13.9 Å². The van der Waals surface area contributed by atoms with E-state index < -0.39 is 7.82 Å². The van der Waals surface area contributed by atoms with E-state index in [1.807, 2.05) is 33.8 Å². The molecule has 1 aromatic rings. The molecule has 0 saturated carbocycles. The van der Waals surface area contributed by atoms with E-state index in [-0.39, 0.29) is 23.7 Å². The van der Waals surface area contributed by atoms with E-state index in [0.29, 0.717) is 12.2 Å². The Morgan fingerprint density at radius 1 is 1.03 bits per heavy atom. The van der Waals surface area contributed by atoms with Crippen LogP contribution in [0.1, 0.15) is 52.5 Å². The van der Waals surface area contributed by atoms with Gasteiger partial charge in [0, 0.05) is 17.9 Å². The Bertz CT molecular complexity index is 840. The summed E-state index contributed by atoms with van der Waals surface area (Å²) in [7, 11) is 1.72. The van der Waals surface area contributed by atoms with Gasteiger partial charge in [0.2, 0.25) is 0 Å². The van der Waals surface area contributed by atoms with Gasteiger partial charge in [-0.2, -0.15) is 0 Å². The summed E-state index contributed by atoms with van der Waals surface area (Å²) in [6.45, 7) is 8.25. The van der Waals surface area contributed by atoms with Gasteiger partial charge in [-0.15, -0.1) is 0 Å². The van der Waals surface area contributed by atoms with Gasteiger partial charge in [-0.05, 0) is 77.9 Å². The van der Waals surface area contributed by atoms with Gasteiger partial charge < -0.3 is 14.0 Å². The van der Waals surface area contributed by atoms with Crippen LogP contribution >= 0.6 is 7.82 Å². The number of benzene rings is 1. The fraction of sp³-hybridized carbons (Fsp3) is 0.652. The largest absolute Gasteiger partial charge is 0.530 e. The number of hydrogen-bond acceptors (Lipinski definition) is 7. The number of allylic oxidation sites excluding steroid dienone is 1. The molecule has 1 aliphatic carbocycles. The minimum atomic E-state index is -3.70. The van der Waals surface area contributed by atoms with Gasteiger partial charge in [0.25, 0.3) is 0 Å². The van der Waals surface area contributed by atoms with Gasteiger partial charge in [0.05, 0.1) is 26.4 Å². The Balaban J connectivity index is 1.92. The van der Waals surface area contributed by atoms with Crippen LogP contribution < -0.4 is 9.47 Å². The van der Waals surface area contributed by atoms with Crippen molar-refractivity contribution >= 4 is 7.82 Å². The summed E-state index contributed by atoms with van der Waals surface area (Å²) in [5.74, 6) is 2.12. The molecule has 0 amide bonds. The number of rotatable bonds is 9. The average molecular weight is 454 g/mol. The lowest BCUT2D eigenvalue weighted by Gasteiger charge is -2.40. The van der Waals surface area contributed by atoms with Gasteiger partial charge in [0.15, 0.2) is 11.5 Å². The third kappa shape index (κ3) is 5.11. The second-order valence-corrected chi connectivity index (χ2v) is 10.4. The van der Waals surface area contributed by atoms with Crippen LogP contribution in [0.15, 0.2) is 30.0 Å². The zero-order valence-electron chi connectivity index (χ0n) is 19.7. The maximum atomic E-state index is 13.2. The Kier molecular flexibility index (Phi) is 7.42. The summed E-state index contributed by atoms with van der Waals surface area (Å²) in [4.78, 5) is 2.32. The van der Waals surface area contributed by atoms with E-state index >= 15 is 0 Å². The summed E-state index contributed by atoms with van der Waals surface area (Å²) in [6, 6.07) is 6.29. The average Bonchev–Trinajstić information content (AvgIpc) is 3.03. The number of phosphoric ester groups is 1. The molecule has 3 rings (SSSR count). The number of fused-ring (bicyclic) bond motifs is 1. The molecule has 0 aromatic heterocycles. The molecule has 174 valence electrons. The molecule has 0 radical (unpaired) electrons. The molecule has 1 fully saturated rings. The van der Waals surface area contributed by atoms with Gasteiger partial charge >= 0.3 is 7.82 Å². The van der Waals surface area contributed by atoms with Crippen LogP contribution in [0.4, 0.5) is 0 Å². The predicted molar refractivity (Wildman–Crippen MR) is 121 cm³/mol. The van der Waals surface area contributed by atoms with Crippen LogP contribution in [0.5, 0.6) is 11.5 Å². The van der Waals surface area contributed by atoms with Crippen molar-refractivity contribution in [1.82, 2.24) is 4.90 Å². The lowest BCUT2D eigenvalue weighted by molar-refractivity contribution is 0.0834. The van der Waals surface area contributed by atoms with Gasteiger partial charge in [-0.1, -0.05) is 6.07 Å². The number of likely N-dealkylation sites (tertiary alicyclic amines) is 1. The minimum absolute atomic E-state index is 0.0665. The Hall–Kier alpha value is -1.53. The number of likely N-dealkylation sites (N-methyl/N-ethyl adjacent to an activating group) is 1. The number of hydrogen-bond donors (Lipinski definition) is 0. The molecule has 7 nitrogen and oxygen atoms in total. The third-order valence-electron chi connectivity index (χ3n) is 5.98. The highest BCUT2D eigenvalue weighted by Crippen LogP contribution is 2.56. The predicted octanol–water partition coefficient (Wildman–Crippen LogP) is 5.30. The molecule has 2 atom stereocenters. The molecule has 0 spiro atoms. The first-order valence-electron chi connectivity index (χ1n) is 10.9. The molecule has 31 heavy (non-hydrogen) atoms. The van der Waals surface area contributed by atoms with Crippen molar-refractivity contribution in [3.63, 3.8) is 0 Å². The van der Waals surface area contributed by atoms with Crippen LogP contribution in [0.25, 0.3) is 0 Å². The highest BCUT2D eigenvalue weighted by Gasteiger charge is 2.49. The first-order valence-corrected chi connectivity index (χ1v) is 12.4. The lowest BCUT2D eigenvalue weighted by atomic mass is 9.68. The van der Waals surface area contributed by atoms with E-state index in [1.54, 1.807) is 14.2 Å². The molecular formula is C23H36NO6P. The zero-order chi connectivity index (χ0) is 22.8. The van der Waals surface area contributed by atoms with E-state index in [0.717, 1.165) is 30.9 Å². The fourth-order valence-electron chi connectivity index (χ4n) is 4.66. The van der Waals surface area contributed by atoms with Crippen molar-refractivity contribution in [2.24, 2.45) is 0 Å². The van der Waals surface area contributed by atoms with E-state index in [9.17, 15) is 4.57 Å². The van der Waals surface area contributed by atoms with Crippen LogP contribution in [0.3, 0.4) is 0 Å². The minimum Gasteiger partial charge on any atom is -0.493 e. The molecule has 0 unspecified atom stereocenters. The van der Waals surface area contributed by atoms with Crippen LogP contribution in [-0.4, -0.2) is 51.0 Å². The first-order chi connectivity index (χ1) is 14.6. The van der Waals surface area contributed by atoms with Crippen LogP contribution in [-0.2, 0) is 23.6 Å². The summed E-state index contributed by atoms with van der Waals surface area (Å²) in [6.07, 6.45) is 4.10. The van der Waals surface area contributed by atoms with Crippen molar-refractivity contribution in [2.45, 2.75) is 70.6 Å². The summed E-state index contributed by atoms with van der Waals surface area (Å²) < 4.78 is 41.3. The fourth-order valence-corrected chi connectivity index (χ4v) is 6.27. The van der Waals surface area contributed by atoms with Crippen molar-refractivity contribution < 1.29 is 27.6 Å². The van der Waals surface area contributed by atoms with Crippen LogP contribution in [0.2, 0.25) is 0 Å². The number of nitrogens with zero attached hydrogens (tertiary/aromatic N) is 1. The molecule has 1 aliphatic heterocycles. The van der Waals surface area contributed by atoms with Crippen molar-refractivity contribution in [3.8, 4) is 11.5 Å². The van der Waals surface area contributed by atoms with Crippen molar-refractivity contribution in [2.75, 3.05) is 27.8 Å². The smallest absolute Gasteiger partial charge is 0.493 e. The quantitative estimate of drug-likeness (QED) is 0.470. The molecule has 1 saturated heterocycles. The molecule has 1 heterocycles. The topological polar surface area (TPSA) is 66.5 Å².